The fourth-order valence-corrected chi connectivity index (χ4v) is 5.35. The van der Waals surface area contributed by atoms with Gasteiger partial charge in [-0.25, -0.2) is 0 Å². The Morgan fingerprint density at radius 3 is 2.80 bits per heavy atom. The largest absolute Gasteiger partial charge is 0.497 e. The van der Waals surface area contributed by atoms with Crippen LogP contribution in [0, 0.1) is 5.92 Å². The number of aryl methyl sites for hydroxylation is 1. The molecule has 6 nitrogen and oxygen atoms in total. The Morgan fingerprint density at radius 1 is 1.13 bits per heavy atom. The highest BCUT2D eigenvalue weighted by atomic mass is 16.5. The minimum Gasteiger partial charge on any atom is -0.497 e. The summed E-state index contributed by atoms with van der Waals surface area (Å²) in [4.78, 5) is 15.5. The number of hydrogen-bond donors (Lipinski definition) is 0. The number of piperidine rings is 1. The van der Waals surface area contributed by atoms with E-state index in [0.717, 1.165) is 38.2 Å². The number of ether oxygens (including phenoxy) is 1. The first kappa shape index (κ1) is 19.1. The van der Waals surface area contributed by atoms with Crippen molar-refractivity contribution in [3.8, 4) is 5.75 Å². The quantitative estimate of drug-likeness (QED) is 0.656. The highest BCUT2D eigenvalue weighted by Gasteiger charge is 2.40. The number of aromatic nitrogens is 3. The summed E-state index contributed by atoms with van der Waals surface area (Å²) in [5, 5.41) is 4.32. The van der Waals surface area contributed by atoms with Gasteiger partial charge in [-0.2, -0.15) is 5.10 Å². The van der Waals surface area contributed by atoms with Gasteiger partial charge >= 0.3 is 0 Å². The third-order valence-corrected chi connectivity index (χ3v) is 6.76. The zero-order valence-electron chi connectivity index (χ0n) is 17.6. The van der Waals surface area contributed by atoms with E-state index in [1.54, 1.807) is 13.2 Å². The number of likely N-dealkylation sites (tertiary alicyclic amines) is 1. The number of rotatable bonds is 5. The topological polar surface area (TPSA) is 52.3 Å². The average Bonchev–Trinajstić information content (AvgIpc) is 3.15. The lowest BCUT2D eigenvalue weighted by Gasteiger charge is -2.47. The number of nitrogens with zero attached hydrogens (tertiary/aromatic N) is 4. The van der Waals surface area contributed by atoms with Crippen LogP contribution in [0.1, 0.15) is 35.3 Å². The van der Waals surface area contributed by atoms with Crippen LogP contribution in [-0.4, -0.2) is 39.4 Å². The summed E-state index contributed by atoms with van der Waals surface area (Å²) in [7, 11) is 3.70. The first-order chi connectivity index (χ1) is 14.6. The van der Waals surface area contributed by atoms with E-state index in [1.165, 1.54) is 17.0 Å². The summed E-state index contributed by atoms with van der Waals surface area (Å²) in [6, 6.07) is 16.2. The Bertz CT molecular complexity index is 1100. The Kier molecular flexibility index (Phi) is 4.95. The van der Waals surface area contributed by atoms with E-state index in [2.05, 4.69) is 38.8 Å². The van der Waals surface area contributed by atoms with Crippen LogP contribution in [0.3, 0.4) is 0 Å². The normalized spacial score (nSPS) is 23.2. The molecular formula is C24H28N4O2. The molecule has 1 fully saturated rings. The van der Waals surface area contributed by atoms with E-state index in [-0.39, 0.29) is 11.6 Å². The summed E-state index contributed by atoms with van der Waals surface area (Å²) in [6.45, 7) is 2.88. The number of benzene rings is 1. The van der Waals surface area contributed by atoms with Gasteiger partial charge in [-0.1, -0.05) is 18.2 Å². The third-order valence-electron chi connectivity index (χ3n) is 6.76. The molecule has 3 aromatic rings. The molecule has 1 saturated heterocycles. The van der Waals surface area contributed by atoms with Gasteiger partial charge in [0.15, 0.2) is 0 Å². The second kappa shape index (κ2) is 7.76. The first-order valence-electron chi connectivity index (χ1n) is 10.7. The van der Waals surface area contributed by atoms with E-state index < -0.39 is 0 Å². The molecule has 0 aliphatic carbocycles. The molecule has 2 aliphatic rings. The van der Waals surface area contributed by atoms with Crippen molar-refractivity contribution in [2.45, 2.75) is 31.3 Å². The Labute approximate surface area is 176 Å². The van der Waals surface area contributed by atoms with E-state index in [0.29, 0.717) is 11.8 Å². The van der Waals surface area contributed by atoms with Crippen LogP contribution in [0.25, 0.3) is 0 Å². The lowest BCUT2D eigenvalue weighted by atomic mass is 9.76. The lowest BCUT2D eigenvalue weighted by Crippen LogP contribution is -2.49. The first-order valence-corrected chi connectivity index (χ1v) is 10.7. The van der Waals surface area contributed by atoms with E-state index in [9.17, 15) is 4.79 Å². The van der Waals surface area contributed by atoms with Gasteiger partial charge in [0.2, 0.25) is 0 Å². The van der Waals surface area contributed by atoms with Crippen LogP contribution in [-0.2, 0) is 20.0 Å². The SMILES string of the molecule is COc1cccc(C[C@H]2[C@H]3C[C@H](CN(Cc4ccnn4C)C3)c3cccc(=O)n32)c1. The van der Waals surface area contributed by atoms with Crippen LogP contribution >= 0.6 is 0 Å². The van der Waals surface area contributed by atoms with Crippen molar-refractivity contribution in [3.05, 3.63) is 82.0 Å². The zero-order chi connectivity index (χ0) is 20.7. The molecule has 0 radical (unpaired) electrons. The maximum atomic E-state index is 12.9. The van der Waals surface area contributed by atoms with Crippen LogP contribution in [0.4, 0.5) is 0 Å². The molecule has 0 N–H and O–H groups in total. The number of pyridine rings is 1. The molecule has 30 heavy (non-hydrogen) atoms. The molecule has 3 atom stereocenters. The van der Waals surface area contributed by atoms with E-state index in [4.69, 9.17) is 4.74 Å². The van der Waals surface area contributed by atoms with Gasteiger partial charge < -0.3 is 9.30 Å². The Morgan fingerprint density at radius 2 is 2.00 bits per heavy atom. The zero-order valence-corrected chi connectivity index (χ0v) is 17.6. The fraction of sp³-hybridized carbons (Fsp3) is 0.417. The Balaban J connectivity index is 1.49. The van der Waals surface area contributed by atoms with Gasteiger partial charge in [0, 0.05) is 56.6 Å². The maximum Gasteiger partial charge on any atom is 0.251 e. The number of methoxy groups -OCH3 is 1. The minimum absolute atomic E-state index is 0.121. The van der Waals surface area contributed by atoms with Crippen molar-refractivity contribution >= 4 is 0 Å². The Hall–Kier alpha value is -2.86. The summed E-state index contributed by atoms with van der Waals surface area (Å²) >= 11 is 0. The average molecular weight is 405 g/mol. The highest BCUT2D eigenvalue weighted by Crippen LogP contribution is 2.42. The second-order valence-corrected chi connectivity index (χ2v) is 8.61. The van der Waals surface area contributed by atoms with Crippen LogP contribution < -0.4 is 10.3 Å². The van der Waals surface area contributed by atoms with Crippen molar-refractivity contribution in [1.29, 1.82) is 0 Å². The standard InChI is InChI=1S/C24H28N4O2/c1-26-20(9-10-25-26)16-27-14-18-13-19(15-27)23(28-22(18)7-4-8-24(28)29)12-17-5-3-6-21(11-17)30-2/h3-11,18-19,23H,12-16H2,1-2H3/t18-,19+,23+/m1/s1. The molecule has 2 aromatic heterocycles. The molecule has 5 rings (SSSR count). The predicted molar refractivity (Wildman–Crippen MR) is 116 cm³/mol. The van der Waals surface area contributed by atoms with E-state index in [1.807, 2.05) is 36.1 Å². The van der Waals surface area contributed by atoms with Crippen LogP contribution in [0.15, 0.2) is 59.5 Å². The summed E-state index contributed by atoms with van der Waals surface area (Å²) in [5.41, 5.74) is 3.74. The van der Waals surface area contributed by atoms with Gasteiger partial charge in [0.05, 0.1) is 12.8 Å². The minimum atomic E-state index is 0.121. The van der Waals surface area contributed by atoms with Crippen molar-refractivity contribution in [1.82, 2.24) is 19.2 Å². The monoisotopic (exact) mass is 404 g/mol. The summed E-state index contributed by atoms with van der Waals surface area (Å²) in [6.07, 6.45) is 3.84. The highest BCUT2D eigenvalue weighted by molar-refractivity contribution is 5.30. The van der Waals surface area contributed by atoms with Gasteiger partial charge in [-0.05, 0) is 48.6 Å². The fourth-order valence-electron chi connectivity index (χ4n) is 5.35. The van der Waals surface area contributed by atoms with Gasteiger partial charge in [0.25, 0.3) is 5.56 Å². The van der Waals surface area contributed by atoms with E-state index >= 15 is 0 Å². The molecule has 4 heterocycles. The van der Waals surface area contributed by atoms with Crippen molar-refractivity contribution < 1.29 is 4.74 Å². The maximum absolute atomic E-state index is 12.9. The number of fused-ring (bicyclic) bond motifs is 4. The molecule has 0 unspecified atom stereocenters. The molecule has 0 amide bonds. The molecule has 1 aromatic carbocycles. The lowest BCUT2D eigenvalue weighted by molar-refractivity contribution is 0.0836. The van der Waals surface area contributed by atoms with Crippen molar-refractivity contribution in [2.75, 3.05) is 20.2 Å². The molecule has 0 saturated carbocycles. The smallest absolute Gasteiger partial charge is 0.251 e. The van der Waals surface area contributed by atoms with Crippen LogP contribution in [0.5, 0.6) is 5.75 Å². The second-order valence-electron chi connectivity index (χ2n) is 8.61. The molecule has 0 spiro atoms. The van der Waals surface area contributed by atoms with Gasteiger partial charge in [-0.15, -0.1) is 0 Å². The molecule has 6 heteroatoms. The van der Waals surface area contributed by atoms with Gasteiger partial charge in [0.1, 0.15) is 5.75 Å². The van der Waals surface area contributed by atoms with Crippen molar-refractivity contribution in [2.24, 2.45) is 13.0 Å². The summed E-state index contributed by atoms with van der Waals surface area (Å²) < 4.78 is 9.46. The third kappa shape index (κ3) is 3.45. The molecule has 2 aliphatic heterocycles. The molecular weight excluding hydrogens is 376 g/mol. The predicted octanol–water partition coefficient (Wildman–Crippen LogP) is 2.99. The van der Waals surface area contributed by atoms with Gasteiger partial charge in [-0.3, -0.25) is 14.4 Å². The molecule has 2 bridgehead atoms. The number of hydrogen-bond acceptors (Lipinski definition) is 4. The molecule has 156 valence electrons. The van der Waals surface area contributed by atoms with Crippen molar-refractivity contribution in [3.63, 3.8) is 0 Å². The summed E-state index contributed by atoms with van der Waals surface area (Å²) in [5.74, 6) is 1.70. The van der Waals surface area contributed by atoms with Crippen LogP contribution in [0.2, 0.25) is 0 Å².